The Hall–Kier alpha value is -0.700. The molecule has 0 unspecified atom stereocenters. The molecule has 1 aliphatic rings. The van der Waals surface area contributed by atoms with Crippen LogP contribution in [0, 0.1) is 6.92 Å². The SMILES string of the molecule is Cc1[nH]c(=O)sc1S(=O)(=O)N[C@@H]1CCCC[C@H]1O. The van der Waals surface area contributed by atoms with Crippen molar-refractivity contribution in [1.82, 2.24) is 9.71 Å². The molecule has 1 aliphatic carbocycles. The van der Waals surface area contributed by atoms with Gasteiger partial charge in [-0.15, -0.1) is 0 Å². The predicted molar refractivity (Wildman–Crippen MR) is 68.3 cm³/mol. The Kier molecular flexibility index (Phi) is 3.90. The first-order valence-corrected chi connectivity index (χ1v) is 8.10. The third-order valence-corrected chi connectivity index (χ3v) is 6.16. The van der Waals surface area contributed by atoms with Crippen LogP contribution in [0.25, 0.3) is 0 Å². The molecular weight excluding hydrogens is 276 g/mol. The number of aliphatic hydroxyl groups excluding tert-OH is 1. The Labute approximate surface area is 109 Å². The Bertz CT molecular complexity index is 575. The Morgan fingerprint density at radius 3 is 2.61 bits per heavy atom. The molecule has 0 aliphatic heterocycles. The predicted octanol–water partition coefficient (Wildman–Crippen LogP) is 0.327. The van der Waals surface area contributed by atoms with Gasteiger partial charge in [0.2, 0.25) is 0 Å². The molecule has 0 saturated heterocycles. The number of hydrogen-bond acceptors (Lipinski definition) is 5. The van der Waals surface area contributed by atoms with E-state index in [1.807, 2.05) is 0 Å². The molecule has 0 aromatic carbocycles. The van der Waals surface area contributed by atoms with Gasteiger partial charge in [0.1, 0.15) is 0 Å². The van der Waals surface area contributed by atoms with Crippen LogP contribution in [0.1, 0.15) is 31.4 Å². The first-order valence-electron chi connectivity index (χ1n) is 5.80. The minimum atomic E-state index is -3.73. The molecule has 102 valence electrons. The van der Waals surface area contributed by atoms with E-state index in [1.165, 1.54) is 0 Å². The molecule has 1 saturated carbocycles. The van der Waals surface area contributed by atoms with Crippen LogP contribution in [0.3, 0.4) is 0 Å². The number of aromatic nitrogens is 1. The van der Waals surface area contributed by atoms with Gasteiger partial charge >= 0.3 is 4.87 Å². The summed E-state index contributed by atoms with van der Waals surface area (Å²) in [5.41, 5.74) is 0.336. The standard InChI is InChI=1S/C10H16N2O4S2/c1-6-9(17-10(14)11-6)18(15,16)12-7-4-2-3-5-8(7)13/h7-8,12-13H,2-5H2,1H3,(H,11,14)/t7-,8-/m1/s1. The van der Waals surface area contributed by atoms with Gasteiger partial charge < -0.3 is 10.1 Å². The first kappa shape index (κ1) is 13.7. The smallest absolute Gasteiger partial charge is 0.305 e. The molecule has 6 nitrogen and oxygen atoms in total. The maximum atomic E-state index is 12.1. The van der Waals surface area contributed by atoms with E-state index >= 15 is 0 Å². The van der Waals surface area contributed by atoms with E-state index in [0.29, 0.717) is 29.9 Å². The summed E-state index contributed by atoms with van der Waals surface area (Å²) in [7, 11) is -3.73. The van der Waals surface area contributed by atoms with Crippen molar-refractivity contribution in [3.8, 4) is 0 Å². The first-order chi connectivity index (χ1) is 8.40. The van der Waals surface area contributed by atoms with E-state index in [2.05, 4.69) is 9.71 Å². The second-order valence-electron chi connectivity index (χ2n) is 4.51. The van der Waals surface area contributed by atoms with Crippen LogP contribution in [0.2, 0.25) is 0 Å². The fourth-order valence-electron chi connectivity index (χ4n) is 2.15. The lowest BCUT2D eigenvalue weighted by Crippen LogP contribution is -2.44. The molecule has 18 heavy (non-hydrogen) atoms. The van der Waals surface area contributed by atoms with Crippen LogP contribution < -0.4 is 9.60 Å². The highest BCUT2D eigenvalue weighted by atomic mass is 32.2. The van der Waals surface area contributed by atoms with Crippen molar-refractivity contribution < 1.29 is 13.5 Å². The van der Waals surface area contributed by atoms with Gasteiger partial charge in [-0.2, -0.15) is 0 Å². The molecule has 0 bridgehead atoms. The topological polar surface area (TPSA) is 99.3 Å². The van der Waals surface area contributed by atoms with Crippen molar-refractivity contribution in [2.45, 2.75) is 49.0 Å². The molecule has 8 heteroatoms. The molecule has 1 fully saturated rings. The number of H-pyrrole nitrogens is 1. The summed E-state index contributed by atoms with van der Waals surface area (Å²) in [6.45, 7) is 1.55. The van der Waals surface area contributed by atoms with E-state index in [1.54, 1.807) is 6.92 Å². The molecule has 0 spiro atoms. The van der Waals surface area contributed by atoms with Crippen molar-refractivity contribution in [3.05, 3.63) is 15.4 Å². The van der Waals surface area contributed by atoms with Crippen molar-refractivity contribution >= 4 is 21.4 Å². The van der Waals surface area contributed by atoms with Crippen LogP contribution in [-0.4, -0.2) is 30.7 Å². The molecular formula is C10H16N2O4S2. The highest BCUT2D eigenvalue weighted by Crippen LogP contribution is 2.22. The fourth-order valence-corrected chi connectivity index (χ4v) is 4.77. The maximum Gasteiger partial charge on any atom is 0.305 e. The zero-order valence-electron chi connectivity index (χ0n) is 9.97. The zero-order valence-corrected chi connectivity index (χ0v) is 11.6. The number of aromatic amines is 1. The van der Waals surface area contributed by atoms with Crippen molar-refractivity contribution in [2.75, 3.05) is 0 Å². The molecule has 1 aromatic rings. The van der Waals surface area contributed by atoms with Gasteiger partial charge in [0, 0.05) is 11.7 Å². The highest BCUT2D eigenvalue weighted by Gasteiger charge is 2.30. The van der Waals surface area contributed by atoms with Crippen LogP contribution in [0.15, 0.2) is 9.00 Å². The Morgan fingerprint density at radius 2 is 2.06 bits per heavy atom. The van der Waals surface area contributed by atoms with Crippen molar-refractivity contribution in [1.29, 1.82) is 0 Å². The lowest BCUT2D eigenvalue weighted by Gasteiger charge is -2.27. The van der Waals surface area contributed by atoms with Crippen LogP contribution >= 0.6 is 11.3 Å². The fraction of sp³-hybridized carbons (Fsp3) is 0.700. The maximum absolute atomic E-state index is 12.1. The van der Waals surface area contributed by atoms with Crippen molar-refractivity contribution in [3.63, 3.8) is 0 Å². The summed E-state index contributed by atoms with van der Waals surface area (Å²) in [6.07, 6.45) is 2.39. The van der Waals surface area contributed by atoms with E-state index < -0.39 is 27.0 Å². The molecule has 3 N–H and O–H groups in total. The third-order valence-electron chi connectivity index (χ3n) is 3.06. The number of sulfonamides is 1. The summed E-state index contributed by atoms with van der Waals surface area (Å²) < 4.78 is 26.7. The summed E-state index contributed by atoms with van der Waals surface area (Å²) >= 11 is 0.668. The van der Waals surface area contributed by atoms with Gasteiger partial charge in [-0.1, -0.05) is 24.2 Å². The van der Waals surface area contributed by atoms with Crippen LogP contribution in [0.5, 0.6) is 0 Å². The zero-order chi connectivity index (χ0) is 13.3. The average molecular weight is 292 g/mol. The second-order valence-corrected chi connectivity index (χ2v) is 7.40. The molecule has 1 heterocycles. The lowest BCUT2D eigenvalue weighted by atomic mass is 9.93. The van der Waals surface area contributed by atoms with Gasteiger partial charge in [-0.25, -0.2) is 13.1 Å². The van der Waals surface area contributed by atoms with E-state index in [0.717, 1.165) is 12.8 Å². The Balaban J connectivity index is 2.21. The van der Waals surface area contributed by atoms with Gasteiger partial charge in [0.25, 0.3) is 10.0 Å². The number of hydrogen-bond donors (Lipinski definition) is 3. The average Bonchev–Trinajstić information content (AvgIpc) is 2.62. The highest BCUT2D eigenvalue weighted by molar-refractivity contribution is 7.91. The largest absolute Gasteiger partial charge is 0.391 e. The second kappa shape index (κ2) is 5.12. The quantitative estimate of drug-likeness (QED) is 0.747. The van der Waals surface area contributed by atoms with Gasteiger partial charge in [-0.05, 0) is 19.8 Å². The van der Waals surface area contributed by atoms with E-state index in [4.69, 9.17) is 0 Å². The molecule has 0 amide bonds. The molecule has 2 atom stereocenters. The lowest BCUT2D eigenvalue weighted by molar-refractivity contribution is 0.101. The number of rotatable bonds is 3. The van der Waals surface area contributed by atoms with Crippen LogP contribution in [0.4, 0.5) is 0 Å². The summed E-state index contributed by atoms with van der Waals surface area (Å²) in [5.74, 6) is 0. The van der Waals surface area contributed by atoms with Gasteiger partial charge in [-0.3, -0.25) is 4.79 Å². The Morgan fingerprint density at radius 1 is 1.39 bits per heavy atom. The molecule has 2 rings (SSSR count). The van der Waals surface area contributed by atoms with Crippen molar-refractivity contribution in [2.24, 2.45) is 0 Å². The van der Waals surface area contributed by atoms with Crippen LogP contribution in [-0.2, 0) is 10.0 Å². The summed E-state index contributed by atoms with van der Waals surface area (Å²) in [6, 6.07) is -0.458. The number of aliphatic hydroxyl groups is 1. The normalized spacial score (nSPS) is 25.2. The number of aryl methyl sites for hydroxylation is 1. The van der Waals surface area contributed by atoms with E-state index in [-0.39, 0.29) is 4.21 Å². The monoisotopic (exact) mass is 292 g/mol. The van der Waals surface area contributed by atoms with Gasteiger partial charge in [0.05, 0.1) is 6.10 Å². The minimum absolute atomic E-state index is 0.00488. The van der Waals surface area contributed by atoms with Gasteiger partial charge in [0.15, 0.2) is 4.21 Å². The summed E-state index contributed by atoms with van der Waals surface area (Å²) in [4.78, 5) is 13.2. The summed E-state index contributed by atoms with van der Waals surface area (Å²) in [5, 5.41) is 9.76. The number of nitrogens with one attached hydrogen (secondary N) is 2. The minimum Gasteiger partial charge on any atom is -0.391 e. The third kappa shape index (κ3) is 2.82. The molecule has 0 radical (unpaired) electrons. The molecule has 1 aromatic heterocycles. The number of thiazole rings is 1. The van der Waals surface area contributed by atoms with E-state index in [9.17, 15) is 18.3 Å².